The molecular formula is C26H28F2N8O2. The summed E-state index contributed by atoms with van der Waals surface area (Å²) in [5.41, 5.74) is 1.94. The Labute approximate surface area is 218 Å². The first-order valence-electron chi connectivity index (χ1n) is 12.4. The Balaban J connectivity index is 1.67. The molecule has 1 amide bonds. The second-order valence-corrected chi connectivity index (χ2v) is 9.40. The summed E-state index contributed by atoms with van der Waals surface area (Å²) in [7, 11) is 3.13. The van der Waals surface area contributed by atoms with Crippen molar-refractivity contribution in [2.45, 2.75) is 45.1 Å². The SMILES string of the molecule is CCC(C)c1cc(OC)c(F)c(N(CC2CCC(=O)N2)c2ncc3ncc(-c4cnn(C)c4)nc3n2)c1F. The van der Waals surface area contributed by atoms with Gasteiger partial charge in [0.15, 0.2) is 23.0 Å². The number of hydrogen-bond donors (Lipinski definition) is 1. The van der Waals surface area contributed by atoms with Crippen LogP contribution < -0.4 is 15.0 Å². The van der Waals surface area contributed by atoms with Crippen molar-refractivity contribution in [1.29, 1.82) is 0 Å². The molecule has 38 heavy (non-hydrogen) atoms. The Morgan fingerprint density at radius 1 is 1.21 bits per heavy atom. The van der Waals surface area contributed by atoms with E-state index in [1.165, 1.54) is 24.3 Å². The fourth-order valence-corrected chi connectivity index (χ4v) is 4.52. The Morgan fingerprint density at radius 2 is 2.03 bits per heavy atom. The van der Waals surface area contributed by atoms with Crippen LogP contribution in [-0.2, 0) is 11.8 Å². The molecule has 2 unspecified atom stereocenters. The van der Waals surface area contributed by atoms with Crippen LogP contribution in [-0.4, -0.2) is 55.3 Å². The minimum atomic E-state index is -0.875. The molecule has 0 spiro atoms. The van der Waals surface area contributed by atoms with Crippen LogP contribution in [0, 0.1) is 11.6 Å². The largest absolute Gasteiger partial charge is 0.494 e. The van der Waals surface area contributed by atoms with Crippen LogP contribution in [0.4, 0.5) is 20.4 Å². The van der Waals surface area contributed by atoms with Gasteiger partial charge < -0.3 is 15.0 Å². The van der Waals surface area contributed by atoms with Crippen molar-refractivity contribution in [3.63, 3.8) is 0 Å². The van der Waals surface area contributed by atoms with Gasteiger partial charge in [0.2, 0.25) is 11.9 Å². The van der Waals surface area contributed by atoms with Crippen molar-refractivity contribution in [1.82, 2.24) is 35.0 Å². The summed E-state index contributed by atoms with van der Waals surface area (Å²) in [6.45, 7) is 3.84. The van der Waals surface area contributed by atoms with Gasteiger partial charge in [-0.3, -0.25) is 9.48 Å². The fraction of sp³-hybridized carbons (Fsp3) is 0.385. The van der Waals surface area contributed by atoms with Crippen LogP contribution in [0.25, 0.3) is 22.4 Å². The molecule has 5 rings (SSSR count). The number of rotatable bonds is 8. The van der Waals surface area contributed by atoms with E-state index in [2.05, 4.69) is 30.4 Å². The third kappa shape index (κ3) is 4.73. The molecule has 1 aromatic carbocycles. The van der Waals surface area contributed by atoms with Gasteiger partial charge in [-0.1, -0.05) is 13.8 Å². The van der Waals surface area contributed by atoms with E-state index in [0.717, 1.165) is 5.56 Å². The number of aryl methyl sites for hydroxylation is 1. The highest BCUT2D eigenvalue weighted by Crippen LogP contribution is 2.39. The van der Waals surface area contributed by atoms with Crippen LogP contribution in [0.3, 0.4) is 0 Å². The van der Waals surface area contributed by atoms with Crippen LogP contribution in [0.2, 0.25) is 0 Å². The highest BCUT2D eigenvalue weighted by molar-refractivity contribution is 5.79. The minimum absolute atomic E-state index is 0.0254. The van der Waals surface area contributed by atoms with Gasteiger partial charge in [-0.15, -0.1) is 0 Å². The predicted octanol–water partition coefficient (Wildman–Crippen LogP) is 4.04. The third-order valence-electron chi connectivity index (χ3n) is 6.82. The van der Waals surface area contributed by atoms with E-state index in [0.29, 0.717) is 36.0 Å². The van der Waals surface area contributed by atoms with E-state index < -0.39 is 11.6 Å². The quantitative estimate of drug-likeness (QED) is 0.369. The van der Waals surface area contributed by atoms with Gasteiger partial charge in [-0.05, 0) is 30.4 Å². The second kappa shape index (κ2) is 10.3. The van der Waals surface area contributed by atoms with Crippen molar-refractivity contribution >= 4 is 28.7 Å². The maximum atomic E-state index is 16.1. The summed E-state index contributed by atoms with van der Waals surface area (Å²) < 4.78 is 38.8. The lowest BCUT2D eigenvalue weighted by Crippen LogP contribution is -2.38. The lowest BCUT2D eigenvalue weighted by atomic mass is 9.96. The molecule has 1 fully saturated rings. The van der Waals surface area contributed by atoms with Crippen LogP contribution in [0.15, 0.2) is 30.9 Å². The molecule has 0 aliphatic carbocycles. The van der Waals surface area contributed by atoms with Crippen LogP contribution in [0.5, 0.6) is 5.75 Å². The number of anilines is 2. The molecule has 12 heteroatoms. The summed E-state index contributed by atoms with van der Waals surface area (Å²) in [5.74, 6) is -1.97. The van der Waals surface area contributed by atoms with Gasteiger partial charge in [0, 0.05) is 37.8 Å². The van der Waals surface area contributed by atoms with Gasteiger partial charge in [0.05, 0.1) is 31.4 Å². The molecule has 3 aromatic heterocycles. The summed E-state index contributed by atoms with van der Waals surface area (Å²) in [6, 6.07) is 1.04. The average Bonchev–Trinajstić information content (AvgIpc) is 3.54. The van der Waals surface area contributed by atoms with E-state index in [9.17, 15) is 4.79 Å². The number of carbonyl (C=O) groups is 1. The molecule has 1 saturated heterocycles. The Kier molecular flexibility index (Phi) is 6.87. The highest BCUT2D eigenvalue weighted by atomic mass is 19.1. The summed E-state index contributed by atoms with van der Waals surface area (Å²) >= 11 is 0. The zero-order valence-electron chi connectivity index (χ0n) is 21.6. The number of nitrogens with one attached hydrogen (secondary N) is 1. The number of halogens is 2. The standard InChI is InChI=1S/C26H28F2N8O2/c1-5-14(2)17-8-20(38-4)23(28)24(22(17)27)36(13-16-6-7-21(37)32-16)26-30-11-19-25(34-26)33-18(10-29-19)15-9-31-35(3)12-15/h8-12,14,16H,5-7,13H2,1-4H3,(H,32,37). The minimum Gasteiger partial charge on any atom is -0.494 e. The number of nitrogens with zero attached hydrogens (tertiary/aromatic N) is 7. The van der Waals surface area contributed by atoms with Crippen molar-refractivity contribution in [3.8, 4) is 17.0 Å². The summed E-state index contributed by atoms with van der Waals surface area (Å²) in [6.07, 6.45) is 7.99. The number of methoxy groups -OCH3 is 1. The number of carbonyl (C=O) groups excluding carboxylic acids is 1. The maximum Gasteiger partial charge on any atom is 0.232 e. The van der Waals surface area contributed by atoms with E-state index >= 15 is 8.78 Å². The Morgan fingerprint density at radius 3 is 2.68 bits per heavy atom. The van der Waals surface area contributed by atoms with E-state index in [-0.39, 0.29) is 47.4 Å². The molecule has 198 valence electrons. The highest BCUT2D eigenvalue weighted by Gasteiger charge is 2.32. The van der Waals surface area contributed by atoms with Gasteiger partial charge >= 0.3 is 0 Å². The van der Waals surface area contributed by atoms with Crippen LogP contribution >= 0.6 is 0 Å². The predicted molar refractivity (Wildman–Crippen MR) is 137 cm³/mol. The normalized spacial score (nSPS) is 16.1. The van der Waals surface area contributed by atoms with Gasteiger partial charge in [-0.2, -0.15) is 10.1 Å². The first-order chi connectivity index (χ1) is 18.3. The van der Waals surface area contributed by atoms with Crippen LogP contribution in [0.1, 0.15) is 44.6 Å². The molecule has 2 atom stereocenters. The molecule has 0 radical (unpaired) electrons. The molecule has 0 saturated carbocycles. The smallest absolute Gasteiger partial charge is 0.232 e. The zero-order valence-corrected chi connectivity index (χ0v) is 21.6. The molecule has 4 aromatic rings. The van der Waals surface area contributed by atoms with Crippen molar-refractivity contribution in [3.05, 3.63) is 48.1 Å². The first-order valence-corrected chi connectivity index (χ1v) is 12.4. The average molecular weight is 523 g/mol. The van der Waals surface area contributed by atoms with Crippen molar-refractivity contribution in [2.24, 2.45) is 7.05 Å². The third-order valence-corrected chi connectivity index (χ3v) is 6.82. The number of aromatic nitrogens is 6. The van der Waals surface area contributed by atoms with Gasteiger partial charge in [0.1, 0.15) is 11.2 Å². The number of ether oxygens (including phenoxy) is 1. The molecule has 4 heterocycles. The number of hydrogen-bond acceptors (Lipinski definition) is 8. The van der Waals surface area contributed by atoms with E-state index in [4.69, 9.17) is 4.74 Å². The van der Waals surface area contributed by atoms with E-state index in [1.807, 2.05) is 13.8 Å². The zero-order chi connectivity index (χ0) is 27.0. The van der Waals surface area contributed by atoms with Crippen molar-refractivity contribution < 1.29 is 18.3 Å². The summed E-state index contributed by atoms with van der Waals surface area (Å²) in [5, 5.41) is 7.03. The lowest BCUT2D eigenvalue weighted by Gasteiger charge is -2.28. The monoisotopic (exact) mass is 522 g/mol. The molecule has 1 aliphatic rings. The maximum absolute atomic E-state index is 16.1. The molecular weight excluding hydrogens is 494 g/mol. The molecule has 1 N–H and O–H groups in total. The first kappa shape index (κ1) is 25.4. The Bertz CT molecular complexity index is 1510. The topological polar surface area (TPSA) is 111 Å². The van der Waals surface area contributed by atoms with Crippen molar-refractivity contribution in [2.75, 3.05) is 18.6 Å². The number of benzene rings is 1. The molecule has 0 bridgehead atoms. The van der Waals surface area contributed by atoms with E-state index in [1.54, 1.807) is 30.3 Å². The fourth-order valence-electron chi connectivity index (χ4n) is 4.52. The van der Waals surface area contributed by atoms with Gasteiger partial charge in [0.25, 0.3) is 0 Å². The number of fused-ring (bicyclic) bond motifs is 1. The molecule has 10 nitrogen and oxygen atoms in total. The molecule has 1 aliphatic heterocycles. The summed E-state index contributed by atoms with van der Waals surface area (Å²) in [4.78, 5) is 31.2. The lowest BCUT2D eigenvalue weighted by molar-refractivity contribution is -0.119. The Hall–Kier alpha value is -4.22. The number of amides is 1. The van der Waals surface area contributed by atoms with Gasteiger partial charge in [-0.25, -0.2) is 23.7 Å². The second-order valence-electron chi connectivity index (χ2n) is 9.40.